The second kappa shape index (κ2) is 3.39. The quantitative estimate of drug-likeness (QED) is 0.731. The predicted molar refractivity (Wildman–Crippen MR) is 47.9 cm³/mol. The van der Waals surface area contributed by atoms with E-state index in [-0.39, 0.29) is 4.09 Å². The number of nitrogens with zero attached hydrogens (tertiary/aromatic N) is 3. The summed E-state index contributed by atoms with van der Waals surface area (Å²) in [6.07, 6.45) is 0. The first-order valence-corrected chi connectivity index (χ1v) is 5.51. The van der Waals surface area contributed by atoms with Crippen molar-refractivity contribution in [1.29, 1.82) is 0 Å². The molecule has 1 heterocycles. The summed E-state index contributed by atoms with van der Waals surface area (Å²) in [6, 6.07) is 2.96. The standard InChI is InChI=1S/C7H3F4N3O2S/c8-4-2-1-3-5-6(4)12-13-14(5)17(15,16)7(9,10)11/h1-3H. The van der Waals surface area contributed by atoms with E-state index in [1.807, 2.05) is 0 Å². The Labute approximate surface area is 91.7 Å². The molecule has 5 nitrogen and oxygen atoms in total. The summed E-state index contributed by atoms with van der Waals surface area (Å²) in [5, 5.41) is 5.87. The first-order chi connectivity index (χ1) is 7.75. The maximum atomic E-state index is 13.1. The molecule has 0 aliphatic rings. The third kappa shape index (κ3) is 1.64. The smallest absolute Gasteiger partial charge is 0.204 e. The van der Waals surface area contributed by atoms with Crippen molar-refractivity contribution in [3.63, 3.8) is 0 Å². The van der Waals surface area contributed by atoms with Gasteiger partial charge in [-0.05, 0) is 12.1 Å². The van der Waals surface area contributed by atoms with Gasteiger partial charge in [-0.2, -0.15) is 21.6 Å². The third-order valence-corrected chi connectivity index (χ3v) is 3.23. The molecule has 0 spiro atoms. The lowest BCUT2D eigenvalue weighted by atomic mass is 10.3. The fourth-order valence-corrected chi connectivity index (χ4v) is 1.90. The third-order valence-electron chi connectivity index (χ3n) is 1.92. The number of aromatic nitrogens is 3. The highest BCUT2D eigenvalue weighted by molar-refractivity contribution is 7.90. The molecule has 0 aliphatic carbocycles. The van der Waals surface area contributed by atoms with Gasteiger partial charge in [0.1, 0.15) is 11.0 Å². The van der Waals surface area contributed by atoms with E-state index in [0.717, 1.165) is 18.2 Å². The number of fused-ring (bicyclic) bond motifs is 1. The summed E-state index contributed by atoms with van der Waals surface area (Å²) in [6.45, 7) is 0. The lowest BCUT2D eigenvalue weighted by Gasteiger charge is -2.07. The molecule has 0 aliphatic heterocycles. The molecule has 2 rings (SSSR count). The van der Waals surface area contributed by atoms with Crippen molar-refractivity contribution in [2.75, 3.05) is 0 Å². The van der Waals surface area contributed by atoms with Crippen molar-refractivity contribution < 1.29 is 26.0 Å². The van der Waals surface area contributed by atoms with Crippen LogP contribution < -0.4 is 0 Å². The van der Waals surface area contributed by atoms with Gasteiger partial charge in [0.2, 0.25) is 0 Å². The lowest BCUT2D eigenvalue weighted by Crippen LogP contribution is -2.30. The Balaban J connectivity index is 2.79. The molecule has 0 bridgehead atoms. The minimum Gasteiger partial charge on any atom is -0.204 e. The van der Waals surface area contributed by atoms with Gasteiger partial charge in [-0.15, -0.1) is 9.19 Å². The molecular weight excluding hydrogens is 266 g/mol. The monoisotopic (exact) mass is 269 g/mol. The van der Waals surface area contributed by atoms with E-state index in [1.54, 1.807) is 0 Å². The average molecular weight is 269 g/mol. The van der Waals surface area contributed by atoms with Crippen LogP contribution in [0.5, 0.6) is 0 Å². The molecule has 0 atom stereocenters. The van der Waals surface area contributed by atoms with Crippen LogP contribution in [0.2, 0.25) is 0 Å². The summed E-state index contributed by atoms with van der Waals surface area (Å²) in [5.74, 6) is -0.953. The predicted octanol–water partition coefficient (Wildman–Crippen LogP) is 1.27. The van der Waals surface area contributed by atoms with Gasteiger partial charge in [0, 0.05) is 0 Å². The maximum Gasteiger partial charge on any atom is 0.518 e. The van der Waals surface area contributed by atoms with Crippen molar-refractivity contribution in [2.24, 2.45) is 0 Å². The van der Waals surface area contributed by atoms with Crippen LogP contribution in [-0.4, -0.2) is 28.3 Å². The Kier molecular flexibility index (Phi) is 2.35. The van der Waals surface area contributed by atoms with Gasteiger partial charge in [-0.3, -0.25) is 0 Å². The highest BCUT2D eigenvalue weighted by Gasteiger charge is 2.49. The SMILES string of the molecule is O=S(=O)(n1nnc2c(F)cccc21)C(F)(F)F. The largest absolute Gasteiger partial charge is 0.518 e. The van der Waals surface area contributed by atoms with Crippen LogP contribution in [-0.2, 0) is 10.0 Å². The maximum absolute atomic E-state index is 13.1. The van der Waals surface area contributed by atoms with Crippen LogP contribution in [0.1, 0.15) is 0 Å². The normalized spacial score (nSPS) is 13.2. The van der Waals surface area contributed by atoms with E-state index in [4.69, 9.17) is 0 Å². The van der Waals surface area contributed by atoms with E-state index in [9.17, 15) is 26.0 Å². The summed E-state index contributed by atoms with van der Waals surface area (Å²) in [5.41, 5.74) is -6.64. The Morgan fingerprint density at radius 1 is 1.24 bits per heavy atom. The molecule has 10 heteroatoms. The van der Waals surface area contributed by atoms with Crippen molar-refractivity contribution in [2.45, 2.75) is 5.51 Å². The van der Waals surface area contributed by atoms with Crippen molar-refractivity contribution in [1.82, 2.24) is 14.4 Å². The van der Waals surface area contributed by atoms with Crippen molar-refractivity contribution in [3.05, 3.63) is 24.0 Å². The fraction of sp³-hybridized carbons (Fsp3) is 0.143. The molecule has 0 fully saturated rings. The molecule has 1 aromatic heterocycles. The zero-order valence-electron chi connectivity index (χ0n) is 7.81. The number of halogens is 4. The number of rotatable bonds is 1. The van der Waals surface area contributed by atoms with Crippen LogP contribution in [0.25, 0.3) is 11.0 Å². The Morgan fingerprint density at radius 2 is 1.88 bits per heavy atom. The van der Waals surface area contributed by atoms with Gasteiger partial charge < -0.3 is 0 Å². The van der Waals surface area contributed by atoms with E-state index in [1.165, 1.54) is 0 Å². The molecule has 2 aromatic rings. The van der Waals surface area contributed by atoms with E-state index >= 15 is 0 Å². The number of alkyl halides is 3. The summed E-state index contributed by atoms with van der Waals surface area (Å²) in [4.78, 5) is 0. The number of benzene rings is 1. The van der Waals surface area contributed by atoms with Gasteiger partial charge >= 0.3 is 15.5 Å². The molecule has 0 saturated heterocycles. The molecule has 0 saturated carbocycles. The van der Waals surface area contributed by atoms with E-state index in [0.29, 0.717) is 0 Å². The van der Waals surface area contributed by atoms with Gasteiger partial charge in [0.15, 0.2) is 5.82 Å². The minimum absolute atomic E-state index is 0.342. The highest BCUT2D eigenvalue weighted by atomic mass is 32.2. The highest BCUT2D eigenvalue weighted by Crippen LogP contribution is 2.27. The molecule has 1 aromatic carbocycles. The van der Waals surface area contributed by atoms with Crippen molar-refractivity contribution in [3.8, 4) is 0 Å². The number of hydrogen-bond acceptors (Lipinski definition) is 4. The average Bonchev–Trinajstić information content (AvgIpc) is 2.61. The lowest BCUT2D eigenvalue weighted by molar-refractivity contribution is -0.0448. The fourth-order valence-electron chi connectivity index (χ4n) is 1.17. The van der Waals surface area contributed by atoms with Crippen LogP contribution in [0, 0.1) is 5.82 Å². The Hall–Kier alpha value is -1.71. The van der Waals surface area contributed by atoms with Crippen molar-refractivity contribution >= 4 is 21.1 Å². The molecule has 0 radical (unpaired) electrons. The van der Waals surface area contributed by atoms with Crippen LogP contribution in [0.4, 0.5) is 17.6 Å². The first kappa shape index (κ1) is 11.8. The zero-order valence-corrected chi connectivity index (χ0v) is 8.63. The summed E-state index contributed by atoms with van der Waals surface area (Å²) < 4.78 is 71.6. The topological polar surface area (TPSA) is 64.8 Å². The Bertz CT molecular complexity index is 676. The molecule has 0 unspecified atom stereocenters. The van der Waals surface area contributed by atoms with Crippen LogP contribution in [0.3, 0.4) is 0 Å². The van der Waals surface area contributed by atoms with Gasteiger partial charge in [-0.25, -0.2) is 4.39 Å². The Morgan fingerprint density at radius 3 is 2.47 bits per heavy atom. The van der Waals surface area contributed by atoms with Crippen LogP contribution >= 0.6 is 0 Å². The van der Waals surface area contributed by atoms with Gasteiger partial charge in [0.05, 0.1) is 0 Å². The molecular formula is C7H3F4N3O2S. The minimum atomic E-state index is -5.70. The number of hydrogen-bond donors (Lipinski definition) is 0. The summed E-state index contributed by atoms with van der Waals surface area (Å²) >= 11 is 0. The van der Waals surface area contributed by atoms with Gasteiger partial charge in [0.25, 0.3) is 0 Å². The van der Waals surface area contributed by atoms with Crippen LogP contribution in [0.15, 0.2) is 18.2 Å². The van der Waals surface area contributed by atoms with E-state index < -0.39 is 32.4 Å². The van der Waals surface area contributed by atoms with Gasteiger partial charge in [-0.1, -0.05) is 11.3 Å². The molecule has 92 valence electrons. The van der Waals surface area contributed by atoms with E-state index in [2.05, 4.69) is 10.3 Å². The molecule has 0 amide bonds. The molecule has 0 N–H and O–H groups in total. The second-order valence-electron chi connectivity index (χ2n) is 2.99. The zero-order chi connectivity index (χ0) is 12.8. The molecule has 17 heavy (non-hydrogen) atoms. The summed E-state index contributed by atoms with van der Waals surface area (Å²) in [7, 11) is -5.70. The second-order valence-corrected chi connectivity index (χ2v) is 4.75. The first-order valence-electron chi connectivity index (χ1n) is 4.07.